The van der Waals surface area contributed by atoms with E-state index < -0.39 is 0 Å². The Morgan fingerprint density at radius 2 is 2.29 bits per heavy atom. The molecule has 0 atom stereocenters. The molecule has 3 nitrogen and oxygen atoms in total. The molecule has 0 unspecified atom stereocenters. The monoisotopic (exact) mass is 290 g/mol. The van der Waals surface area contributed by atoms with Crippen molar-refractivity contribution in [3.05, 3.63) is 21.3 Å². The van der Waals surface area contributed by atoms with E-state index in [9.17, 15) is 4.79 Å². The molecule has 0 aliphatic heterocycles. The van der Waals surface area contributed by atoms with Gasteiger partial charge in [0.1, 0.15) is 0 Å². The zero-order valence-electron chi connectivity index (χ0n) is 9.59. The molecule has 1 aliphatic carbocycles. The first-order valence-corrected chi connectivity index (χ1v) is 7.86. The fraction of sp³-hybridized carbons (Fsp3) is 0.545. The van der Waals surface area contributed by atoms with Crippen LogP contribution in [0.2, 0.25) is 4.34 Å². The van der Waals surface area contributed by atoms with Crippen molar-refractivity contribution >= 4 is 40.7 Å². The number of thiophene rings is 1. The first-order valence-electron chi connectivity index (χ1n) is 5.45. The maximum atomic E-state index is 11.6. The average Bonchev–Trinajstić information content (AvgIpc) is 3.00. The van der Waals surface area contributed by atoms with Crippen molar-refractivity contribution in [1.82, 2.24) is 10.6 Å². The van der Waals surface area contributed by atoms with Gasteiger partial charge in [-0.25, -0.2) is 4.79 Å². The predicted octanol–water partition coefficient (Wildman–Crippen LogP) is 3.10. The summed E-state index contributed by atoms with van der Waals surface area (Å²) in [5.74, 6) is 0. The highest BCUT2D eigenvalue weighted by molar-refractivity contribution is 8.00. The minimum Gasteiger partial charge on any atom is -0.337 e. The lowest BCUT2D eigenvalue weighted by Crippen LogP contribution is -2.39. The summed E-state index contributed by atoms with van der Waals surface area (Å²) in [6, 6.07) is 3.67. The van der Waals surface area contributed by atoms with Gasteiger partial charge in [0.05, 0.1) is 10.9 Å². The highest BCUT2D eigenvalue weighted by Crippen LogP contribution is 2.46. The quantitative estimate of drug-likeness (QED) is 0.875. The van der Waals surface area contributed by atoms with Gasteiger partial charge in [0.25, 0.3) is 0 Å². The second kappa shape index (κ2) is 5.50. The normalized spacial score (nSPS) is 16.6. The minimum absolute atomic E-state index is 0.102. The molecule has 1 aliphatic rings. The standard InChI is InChI=1S/C11H15ClN2OS2/c1-16-11(4-5-11)7-14-10(15)13-6-8-2-3-9(12)17-8/h2-3H,4-7H2,1H3,(H2,13,14,15). The summed E-state index contributed by atoms with van der Waals surface area (Å²) >= 11 is 9.14. The molecule has 2 rings (SSSR count). The Balaban J connectivity index is 1.67. The lowest BCUT2D eigenvalue weighted by Gasteiger charge is -2.13. The molecular weight excluding hydrogens is 276 g/mol. The van der Waals surface area contributed by atoms with Crippen LogP contribution in [0.25, 0.3) is 0 Å². The van der Waals surface area contributed by atoms with Crippen LogP contribution in [-0.4, -0.2) is 23.6 Å². The van der Waals surface area contributed by atoms with Crippen LogP contribution in [0.1, 0.15) is 17.7 Å². The third-order valence-electron chi connectivity index (χ3n) is 2.86. The van der Waals surface area contributed by atoms with Gasteiger partial charge in [0.15, 0.2) is 0 Å². The Kier molecular flexibility index (Phi) is 4.22. The van der Waals surface area contributed by atoms with Crippen LogP contribution in [0.3, 0.4) is 0 Å². The van der Waals surface area contributed by atoms with E-state index in [1.54, 1.807) is 0 Å². The summed E-state index contributed by atoms with van der Waals surface area (Å²) in [5.41, 5.74) is 0. The van der Waals surface area contributed by atoms with Gasteiger partial charge in [0, 0.05) is 16.2 Å². The molecule has 94 valence electrons. The lowest BCUT2D eigenvalue weighted by atomic mass is 10.4. The number of amides is 2. The van der Waals surface area contributed by atoms with Gasteiger partial charge in [0.2, 0.25) is 0 Å². The van der Waals surface area contributed by atoms with Gasteiger partial charge in [-0.1, -0.05) is 11.6 Å². The maximum absolute atomic E-state index is 11.6. The van der Waals surface area contributed by atoms with Crippen molar-refractivity contribution in [3.63, 3.8) is 0 Å². The molecule has 1 saturated carbocycles. The highest BCUT2D eigenvalue weighted by atomic mass is 35.5. The van der Waals surface area contributed by atoms with Gasteiger partial charge in [-0.05, 0) is 31.2 Å². The molecule has 0 saturated heterocycles. The molecule has 0 spiro atoms. The summed E-state index contributed by atoms with van der Waals surface area (Å²) in [7, 11) is 0. The Morgan fingerprint density at radius 3 is 2.82 bits per heavy atom. The highest BCUT2D eigenvalue weighted by Gasteiger charge is 2.41. The van der Waals surface area contributed by atoms with Crippen molar-refractivity contribution in [3.8, 4) is 0 Å². The van der Waals surface area contributed by atoms with Crippen LogP contribution < -0.4 is 10.6 Å². The summed E-state index contributed by atoms with van der Waals surface area (Å²) in [5, 5.41) is 5.74. The van der Waals surface area contributed by atoms with E-state index in [2.05, 4.69) is 16.9 Å². The fourth-order valence-corrected chi connectivity index (χ4v) is 3.26. The van der Waals surface area contributed by atoms with E-state index in [1.807, 2.05) is 23.9 Å². The third-order valence-corrected chi connectivity index (χ3v) is 5.51. The van der Waals surface area contributed by atoms with Gasteiger partial charge in [-0.3, -0.25) is 0 Å². The van der Waals surface area contributed by atoms with E-state index in [0.717, 1.165) is 15.8 Å². The summed E-state index contributed by atoms with van der Waals surface area (Å²) in [4.78, 5) is 12.6. The number of thioether (sulfide) groups is 1. The molecule has 2 N–H and O–H groups in total. The van der Waals surface area contributed by atoms with Crippen molar-refractivity contribution in [2.75, 3.05) is 12.8 Å². The Morgan fingerprint density at radius 1 is 1.53 bits per heavy atom. The lowest BCUT2D eigenvalue weighted by molar-refractivity contribution is 0.240. The third kappa shape index (κ3) is 3.79. The molecular formula is C11H15ClN2OS2. The molecule has 0 aromatic carbocycles. The molecule has 6 heteroatoms. The SMILES string of the molecule is CSC1(CNC(=O)NCc2ccc(Cl)s2)CC1. The van der Waals surface area contributed by atoms with Gasteiger partial charge < -0.3 is 10.6 Å². The second-order valence-electron chi connectivity index (χ2n) is 4.13. The Hall–Kier alpha value is -0.390. The molecule has 1 aromatic heterocycles. The van der Waals surface area contributed by atoms with E-state index in [0.29, 0.717) is 11.3 Å². The Bertz CT molecular complexity index is 404. The van der Waals surface area contributed by atoms with Crippen LogP contribution >= 0.6 is 34.7 Å². The van der Waals surface area contributed by atoms with E-state index in [1.165, 1.54) is 24.2 Å². The number of carbonyl (C=O) groups is 1. The first-order chi connectivity index (χ1) is 8.13. The zero-order chi connectivity index (χ0) is 12.3. The largest absolute Gasteiger partial charge is 0.337 e. The van der Waals surface area contributed by atoms with Crippen molar-refractivity contribution in [2.24, 2.45) is 0 Å². The van der Waals surface area contributed by atoms with Crippen LogP contribution in [0.5, 0.6) is 0 Å². The number of nitrogens with one attached hydrogen (secondary N) is 2. The average molecular weight is 291 g/mol. The maximum Gasteiger partial charge on any atom is 0.315 e. The van der Waals surface area contributed by atoms with Gasteiger partial charge >= 0.3 is 6.03 Å². The van der Waals surface area contributed by atoms with Gasteiger partial charge in [-0.2, -0.15) is 11.8 Å². The summed E-state index contributed by atoms with van der Waals surface area (Å²) < 4.78 is 1.06. The van der Waals surface area contributed by atoms with Crippen LogP contribution in [-0.2, 0) is 6.54 Å². The molecule has 1 heterocycles. The number of rotatable bonds is 5. The molecule has 1 aromatic rings. The Labute approximate surface area is 114 Å². The zero-order valence-corrected chi connectivity index (χ0v) is 12.0. The number of hydrogen-bond acceptors (Lipinski definition) is 3. The predicted molar refractivity (Wildman–Crippen MR) is 75.0 cm³/mol. The van der Waals surface area contributed by atoms with E-state index in [4.69, 9.17) is 11.6 Å². The molecule has 2 amide bonds. The van der Waals surface area contributed by atoms with Crippen molar-refractivity contribution in [1.29, 1.82) is 0 Å². The second-order valence-corrected chi connectivity index (χ2v) is 7.20. The summed E-state index contributed by atoms with van der Waals surface area (Å²) in [6.45, 7) is 1.29. The molecule has 17 heavy (non-hydrogen) atoms. The van der Waals surface area contributed by atoms with Crippen LogP contribution in [0.15, 0.2) is 12.1 Å². The number of urea groups is 1. The number of halogens is 1. The molecule has 1 fully saturated rings. The fourth-order valence-electron chi connectivity index (χ4n) is 1.51. The number of carbonyl (C=O) groups excluding carboxylic acids is 1. The first kappa shape index (κ1) is 13.1. The van der Waals surface area contributed by atoms with E-state index in [-0.39, 0.29) is 6.03 Å². The van der Waals surface area contributed by atoms with Crippen molar-refractivity contribution < 1.29 is 4.79 Å². The van der Waals surface area contributed by atoms with Crippen molar-refractivity contribution in [2.45, 2.75) is 24.1 Å². The topological polar surface area (TPSA) is 41.1 Å². The number of hydrogen-bond donors (Lipinski definition) is 2. The molecule has 0 radical (unpaired) electrons. The van der Waals surface area contributed by atoms with E-state index >= 15 is 0 Å². The summed E-state index contributed by atoms with van der Waals surface area (Å²) in [6.07, 6.45) is 4.50. The smallest absolute Gasteiger partial charge is 0.315 e. The van der Waals surface area contributed by atoms with Crippen LogP contribution in [0.4, 0.5) is 4.79 Å². The van der Waals surface area contributed by atoms with Crippen LogP contribution in [0, 0.1) is 0 Å². The molecule has 0 bridgehead atoms. The minimum atomic E-state index is -0.102. The van der Waals surface area contributed by atoms with Gasteiger partial charge in [-0.15, -0.1) is 11.3 Å².